The standard InChI is InChI=1S/C16H20N2O3S3/c17-24(20,21)15-8-7-12(22-15)10-18-16(19)14-9-11-5-3-1-2-4-6-13(11)23-14/h7-9H,1-6,10H2,(H,18,19)(H2,17,20,21). The van der Waals surface area contributed by atoms with Gasteiger partial charge in [0.15, 0.2) is 0 Å². The van der Waals surface area contributed by atoms with Crippen molar-refractivity contribution in [1.29, 1.82) is 0 Å². The lowest BCUT2D eigenvalue weighted by Crippen LogP contribution is -2.21. The molecule has 2 aromatic rings. The summed E-state index contributed by atoms with van der Waals surface area (Å²) in [7, 11) is -3.67. The number of primary sulfonamides is 1. The van der Waals surface area contributed by atoms with E-state index in [0.717, 1.165) is 33.9 Å². The highest BCUT2D eigenvalue weighted by Gasteiger charge is 2.16. The molecule has 1 aliphatic carbocycles. The quantitative estimate of drug-likeness (QED) is 0.849. The van der Waals surface area contributed by atoms with Crippen molar-refractivity contribution < 1.29 is 13.2 Å². The minimum absolute atomic E-state index is 0.0997. The minimum atomic E-state index is -3.67. The second-order valence-electron chi connectivity index (χ2n) is 5.92. The zero-order valence-electron chi connectivity index (χ0n) is 13.2. The van der Waals surface area contributed by atoms with E-state index in [0.29, 0.717) is 6.54 Å². The van der Waals surface area contributed by atoms with Gasteiger partial charge in [0.25, 0.3) is 5.91 Å². The van der Waals surface area contributed by atoms with E-state index in [2.05, 4.69) is 5.32 Å². The zero-order valence-corrected chi connectivity index (χ0v) is 15.7. The van der Waals surface area contributed by atoms with Gasteiger partial charge in [0.2, 0.25) is 10.0 Å². The summed E-state index contributed by atoms with van der Waals surface area (Å²) in [6, 6.07) is 5.17. The van der Waals surface area contributed by atoms with Gasteiger partial charge in [0.1, 0.15) is 4.21 Å². The Balaban J connectivity index is 1.65. The van der Waals surface area contributed by atoms with E-state index in [9.17, 15) is 13.2 Å². The lowest BCUT2D eigenvalue weighted by atomic mass is 10.00. The van der Waals surface area contributed by atoms with E-state index in [-0.39, 0.29) is 10.1 Å². The molecule has 0 atom stereocenters. The molecule has 0 fully saturated rings. The summed E-state index contributed by atoms with van der Waals surface area (Å²) in [5.74, 6) is -0.0997. The van der Waals surface area contributed by atoms with Gasteiger partial charge < -0.3 is 5.32 Å². The molecule has 0 aromatic carbocycles. The van der Waals surface area contributed by atoms with E-state index in [4.69, 9.17) is 5.14 Å². The number of fused-ring (bicyclic) bond motifs is 1. The normalized spacial score (nSPS) is 15.4. The smallest absolute Gasteiger partial charge is 0.261 e. The van der Waals surface area contributed by atoms with E-state index in [1.54, 1.807) is 17.4 Å². The van der Waals surface area contributed by atoms with Crippen molar-refractivity contribution in [3.05, 3.63) is 38.4 Å². The SMILES string of the molecule is NS(=O)(=O)c1ccc(CNC(=O)c2cc3c(s2)CCCCCC3)s1. The Morgan fingerprint density at radius 3 is 2.58 bits per heavy atom. The molecule has 0 saturated heterocycles. The highest BCUT2D eigenvalue weighted by molar-refractivity contribution is 7.91. The van der Waals surface area contributed by atoms with Crippen LogP contribution in [0.15, 0.2) is 22.4 Å². The molecular weight excluding hydrogens is 364 g/mol. The average Bonchev–Trinajstić information content (AvgIpc) is 3.11. The van der Waals surface area contributed by atoms with Crippen molar-refractivity contribution >= 4 is 38.6 Å². The highest BCUT2D eigenvalue weighted by Crippen LogP contribution is 2.28. The molecule has 24 heavy (non-hydrogen) atoms. The van der Waals surface area contributed by atoms with Crippen LogP contribution in [0.5, 0.6) is 0 Å². The number of rotatable bonds is 4. The summed E-state index contributed by atoms with van der Waals surface area (Å²) in [6.45, 7) is 0.307. The number of hydrogen-bond acceptors (Lipinski definition) is 5. The molecule has 1 aliphatic rings. The summed E-state index contributed by atoms with van der Waals surface area (Å²) in [6.07, 6.45) is 7.04. The second-order valence-corrected chi connectivity index (χ2v) is 10.0. The maximum absolute atomic E-state index is 12.4. The first-order valence-corrected chi connectivity index (χ1v) is 11.1. The summed E-state index contributed by atoms with van der Waals surface area (Å²) >= 11 is 2.67. The molecule has 0 saturated carbocycles. The van der Waals surface area contributed by atoms with Crippen LogP contribution in [0.2, 0.25) is 0 Å². The molecule has 3 N–H and O–H groups in total. The molecule has 0 aliphatic heterocycles. The molecule has 0 unspecified atom stereocenters. The highest BCUT2D eigenvalue weighted by atomic mass is 32.2. The third-order valence-corrected chi connectivity index (χ3v) is 7.82. The Morgan fingerprint density at radius 1 is 1.12 bits per heavy atom. The summed E-state index contributed by atoms with van der Waals surface area (Å²) in [5, 5.41) is 7.96. The third-order valence-electron chi connectivity index (χ3n) is 4.06. The second kappa shape index (κ2) is 7.35. The number of carbonyl (C=O) groups excluding carboxylic acids is 1. The van der Waals surface area contributed by atoms with Gasteiger partial charge in [-0.3, -0.25) is 4.79 Å². The minimum Gasteiger partial charge on any atom is -0.346 e. The first-order chi connectivity index (χ1) is 11.4. The Kier molecular flexibility index (Phi) is 5.39. The van der Waals surface area contributed by atoms with Crippen molar-refractivity contribution in [2.45, 2.75) is 49.3 Å². The van der Waals surface area contributed by atoms with Crippen LogP contribution in [0.1, 0.15) is 50.7 Å². The molecule has 8 heteroatoms. The van der Waals surface area contributed by atoms with Gasteiger partial charge in [-0.2, -0.15) is 0 Å². The molecule has 2 heterocycles. The third kappa shape index (κ3) is 4.24. The van der Waals surface area contributed by atoms with Crippen molar-refractivity contribution in [2.24, 2.45) is 5.14 Å². The fourth-order valence-corrected chi connectivity index (χ4v) is 5.71. The van der Waals surface area contributed by atoms with Crippen molar-refractivity contribution in [1.82, 2.24) is 5.32 Å². The number of sulfonamides is 1. The van der Waals surface area contributed by atoms with Crippen molar-refractivity contribution in [3.63, 3.8) is 0 Å². The van der Waals surface area contributed by atoms with Crippen LogP contribution >= 0.6 is 22.7 Å². The fourth-order valence-electron chi connectivity index (χ4n) is 2.82. The van der Waals surface area contributed by atoms with Gasteiger partial charge >= 0.3 is 0 Å². The summed E-state index contributed by atoms with van der Waals surface area (Å²) in [5.41, 5.74) is 1.32. The lowest BCUT2D eigenvalue weighted by molar-refractivity contribution is 0.0955. The van der Waals surface area contributed by atoms with Gasteiger partial charge in [-0.25, -0.2) is 13.6 Å². The Bertz CT molecular complexity index is 811. The summed E-state index contributed by atoms with van der Waals surface area (Å²) < 4.78 is 22.7. The molecular formula is C16H20N2O3S3. The maximum atomic E-state index is 12.4. The van der Waals surface area contributed by atoms with Gasteiger partial charge in [0.05, 0.1) is 11.4 Å². The predicted molar refractivity (Wildman–Crippen MR) is 97.1 cm³/mol. The van der Waals surface area contributed by atoms with E-state index < -0.39 is 10.0 Å². The lowest BCUT2D eigenvalue weighted by Gasteiger charge is -2.07. The van der Waals surface area contributed by atoms with Crippen LogP contribution in [0.4, 0.5) is 0 Å². The Labute approximate surface area is 149 Å². The molecule has 0 bridgehead atoms. The van der Waals surface area contributed by atoms with E-state index >= 15 is 0 Å². The fraction of sp³-hybridized carbons (Fsp3) is 0.438. The molecule has 2 aromatic heterocycles. The van der Waals surface area contributed by atoms with Crippen LogP contribution in [-0.4, -0.2) is 14.3 Å². The molecule has 0 spiro atoms. The van der Waals surface area contributed by atoms with Gasteiger partial charge in [0, 0.05) is 9.75 Å². The topological polar surface area (TPSA) is 89.3 Å². The average molecular weight is 385 g/mol. The predicted octanol–water partition coefficient (Wildman–Crippen LogP) is 3.05. The zero-order chi connectivity index (χ0) is 17.2. The molecule has 1 amide bonds. The van der Waals surface area contributed by atoms with Crippen LogP contribution in [-0.2, 0) is 29.4 Å². The maximum Gasteiger partial charge on any atom is 0.261 e. The number of nitrogens with one attached hydrogen (secondary N) is 1. The number of thiophene rings is 2. The van der Waals surface area contributed by atoms with Crippen molar-refractivity contribution in [2.75, 3.05) is 0 Å². The number of aryl methyl sites for hydroxylation is 2. The van der Waals surface area contributed by atoms with Crippen LogP contribution in [0.3, 0.4) is 0 Å². The largest absolute Gasteiger partial charge is 0.346 e. The molecule has 0 radical (unpaired) electrons. The van der Waals surface area contributed by atoms with Crippen LogP contribution in [0, 0.1) is 0 Å². The number of carbonyl (C=O) groups is 1. The first-order valence-electron chi connectivity index (χ1n) is 7.95. The van der Waals surface area contributed by atoms with Gasteiger partial charge in [-0.1, -0.05) is 12.8 Å². The first kappa shape index (κ1) is 17.6. The van der Waals surface area contributed by atoms with Gasteiger partial charge in [-0.05, 0) is 49.4 Å². The Morgan fingerprint density at radius 2 is 1.88 bits per heavy atom. The van der Waals surface area contributed by atoms with Gasteiger partial charge in [-0.15, -0.1) is 22.7 Å². The number of hydrogen-bond donors (Lipinski definition) is 2. The van der Waals surface area contributed by atoms with E-state index in [1.807, 2.05) is 6.07 Å². The molecule has 3 rings (SSSR count). The summed E-state index contributed by atoms with van der Waals surface area (Å²) in [4.78, 5) is 15.2. The molecule has 130 valence electrons. The number of nitrogens with two attached hydrogens (primary N) is 1. The van der Waals surface area contributed by atoms with Crippen LogP contribution in [0.25, 0.3) is 0 Å². The number of amides is 1. The van der Waals surface area contributed by atoms with E-state index in [1.165, 1.54) is 42.2 Å². The van der Waals surface area contributed by atoms with Crippen molar-refractivity contribution in [3.8, 4) is 0 Å². The monoisotopic (exact) mass is 384 g/mol. The van der Waals surface area contributed by atoms with Crippen LogP contribution < -0.4 is 10.5 Å². The Hall–Kier alpha value is -1.22. The molecule has 5 nitrogen and oxygen atoms in total.